The van der Waals surface area contributed by atoms with Gasteiger partial charge in [0, 0.05) is 5.39 Å². The number of benzene rings is 2. The molecule has 0 saturated carbocycles. The number of hydrogen-bond donors (Lipinski definition) is 2. The quantitative estimate of drug-likeness (QED) is 0.716. The molecule has 0 aliphatic rings. The van der Waals surface area contributed by atoms with Crippen LogP contribution in [-0.4, -0.2) is 16.2 Å². The van der Waals surface area contributed by atoms with Crippen molar-refractivity contribution in [3.63, 3.8) is 0 Å². The number of rotatable bonds is 1. The van der Waals surface area contributed by atoms with Crippen molar-refractivity contribution >= 4 is 22.4 Å². The predicted octanol–water partition coefficient (Wildman–Crippen LogP) is 2.73. The highest BCUT2D eigenvalue weighted by Crippen LogP contribution is 2.35. The van der Waals surface area contributed by atoms with Crippen molar-refractivity contribution < 1.29 is 15.0 Å². The molecular weight excluding hydrogens is 208 g/mol. The van der Waals surface area contributed by atoms with Crippen molar-refractivity contribution in [2.24, 2.45) is 0 Å². The Hall–Kier alpha value is -2.61. The second-order valence-electron chi connectivity index (χ2n) is 3.24. The molecule has 0 spiro atoms. The van der Waals surface area contributed by atoms with Crippen LogP contribution in [0.5, 0.6) is 5.75 Å². The number of aromatic hydroxyl groups is 1. The van der Waals surface area contributed by atoms with Gasteiger partial charge in [0.15, 0.2) is 4.98 Å². The Kier molecular flexibility index (Phi) is 2.18. The van der Waals surface area contributed by atoms with Crippen LogP contribution in [0.2, 0.25) is 0 Å². The number of carboxylic acids is 1. The van der Waals surface area contributed by atoms with E-state index in [0.29, 0.717) is 10.8 Å². The van der Waals surface area contributed by atoms with Gasteiger partial charge in [-0.25, -0.2) is 4.79 Å². The summed E-state index contributed by atoms with van der Waals surface area (Å²) >= 11 is 0. The van der Waals surface area contributed by atoms with Gasteiger partial charge in [0.1, 0.15) is 11.3 Å². The lowest BCUT2D eigenvalue weighted by atomic mass is 10.0. The Balaban J connectivity index is 2.95. The van der Waals surface area contributed by atoms with Crippen molar-refractivity contribution in [1.29, 1.82) is 5.39 Å². The van der Waals surface area contributed by atoms with Crippen molar-refractivity contribution in [3.8, 4) is 5.75 Å². The van der Waals surface area contributed by atoms with Crippen LogP contribution in [0.1, 0.15) is 10.4 Å². The maximum atomic E-state index is 10.9. The van der Waals surface area contributed by atoms with Crippen LogP contribution in [0.25, 0.3) is 15.7 Å². The van der Waals surface area contributed by atoms with E-state index in [1.54, 1.807) is 24.3 Å². The summed E-state index contributed by atoms with van der Waals surface area (Å²) < 4.78 is 0. The maximum Gasteiger partial charge on any atom is 0.393 e. The van der Waals surface area contributed by atoms with Crippen LogP contribution in [0.15, 0.2) is 30.3 Å². The lowest BCUT2D eigenvalue weighted by Crippen LogP contribution is -1.96. The Morgan fingerprint density at radius 1 is 1.25 bits per heavy atom. The lowest BCUT2D eigenvalue weighted by molar-refractivity contribution is 0.0694. The summed E-state index contributed by atoms with van der Waals surface area (Å²) in [5.74, 6) is -1.59. The third-order valence-corrected chi connectivity index (χ3v) is 2.33. The lowest BCUT2D eigenvalue weighted by Gasteiger charge is -2.01. The highest BCUT2D eigenvalue weighted by Gasteiger charge is 2.21. The normalized spacial score (nSPS) is 9.94. The summed E-state index contributed by atoms with van der Waals surface area (Å²) in [6, 6.07) is 7.69. The molecule has 0 fully saturated rings. The van der Waals surface area contributed by atoms with Gasteiger partial charge in [-0.15, -0.1) is 0 Å². The van der Waals surface area contributed by atoms with Gasteiger partial charge in [0.05, 0.1) is 11.5 Å². The number of hydrogen-bond acceptors (Lipinski definition) is 3. The van der Waals surface area contributed by atoms with E-state index in [-0.39, 0.29) is 17.0 Å². The molecule has 16 heavy (non-hydrogen) atoms. The molecule has 0 atom stereocenters. The molecule has 5 nitrogen and oxygen atoms in total. The predicted molar refractivity (Wildman–Crippen MR) is 57.3 cm³/mol. The average Bonchev–Trinajstić information content (AvgIpc) is 2.29. The highest BCUT2D eigenvalue weighted by molar-refractivity contribution is 6.06. The van der Waals surface area contributed by atoms with Crippen LogP contribution in [-0.2, 0) is 0 Å². The Labute approximate surface area is 90.2 Å². The van der Waals surface area contributed by atoms with E-state index in [2.05, 4.69) is 4.98 Å². The molecule has 0 amide bonds. The standard InChI is InChI=1S/C11H6N2O3/c12-13-9-5-8(11(15)16)10(14)7-4-2-1-3-6(7)9/h1-5H,(H-,14,15,16)/p+1. The van der Waals surface area contributed by atoms with Gasteiger partial charge < -0.3 is 10.2 Å². The van der Waals surface area contributed by atoms with Crippen LogP contribution in [0.3, 0.4) is 0 Å². The van der Waals surface area contributed by atoms with Gasteiger partial charge in [0.25, 0.3) is 0 Å². The largest absolute Gasteiger partial charge is 0.506 e. The Morgan fingerprint density at radius 3 is 2.44 bits per heavy atom. The molecular formula is C11H7N2O3+. The third kappa shape index (κ3) is 1.33. The monoisotopic (exact) mass is 215 g/mol. The van der Waals surface area contributed by atoms with Gasteiger partial charge in [0.2, 0.25) is 5.39 Å². The van der Waals surface area contributed by atoms with Crippen LogP contribution >= 0.6 is 0 Å². The van der Waals surface area contributed by atoms with Crippen molar-refractivity contribution in [1.82, 2.24) is 0 Å². The van der Waals surface area contributed by atoms with Gasteiger partial charge >= 0.3 is 11.7 Å². The van der Waals surface area contributed by atoms with Crippen LogP contribution in [0.4, 0.5) is 5.69 Å². The second-order valence-corrected chi connectivity index (χ2v) is 3.24. The molecule has 0 bridgehead atoms. The van der Waals surface area contributed by atoms with Crippen molar-refractivity contribution in [2.75, 3.05) is 0 Å². The third-order valence-electron chi connectivity index (χ3n) is 2.33. The summed E-state index contributed by atoms with van der Waals surface area (Å²) in [4.78, 5) is 13.9. The number of nitrogens with zero attached hydrogens (tertiary/aromatic N) is 2. The Bertz CT molecular complexity index is 629. The van der Waals surface area contributed by atoms with Gasteiger partial charge in [-0.2, -0.15) is 0 Å². The summed E-state index contributed by atoms with van der Waals surface area (Å²) in [6.45, 7) is 0. The van der Waals surface area contributed by atoms with Gasteiger partial charge in [-0.1, -0.05) is 18.2 Å². The Morgan fingerprint density at radius 2 is 1.88 bits per heavy atom. The van der Waals surface area contributed by atoms with E-state index in [9.17, 15) is 9.90 Å². The molecule has 0 aliphatic carbocycles. The molecule has 0 aliphatic heterocycles. The zero-order valence-corrected chi connectivity index (χ0v) is 8.08. The number of fused-ring (bicyclic) bond motifs is 1. The van der Waals surface area contributed by atoms with E-state index < -0.39 is 5.97 Å². The van der Waals surface area contributed by atoms with Gasteiger partial charge in [-0.3, -0.25) is 0 Å². The first kappa shape index (κ1) is 9.93. The molecule has 2 rings (SSSR count). The van der Waals surface area contributed by atoms with Crippen LogP contribution in [0, 0.1) is 5.39 Å². The molecule has 5 heteroatoms. The molecule has 2 aromatic rings. The number of carbonyl (C=O) groups is 1. The zero-order valence-electron chi connectivity index (χ0n) is 8.08. The van der Waals surface area contributed by atoms with E-state index in [1.807, 2.05) is 0 Å². The van der Waals surface area contributed by atoms with Crippen LogP contribution < -0.4 is 0 Å². The smallest absolute Gasteiger partial charge is 0.393 e. The van der Waals surface area contributed by atoms with E-state index in [4.69, 9.17) is 10.5 Å². The number of phenols is 1. The minimum atomic E-state index is -1.27. The second kappa shape index (κ2) is 3.51. The summed E-state index contributed by atoms with van der Waals surface area (Å²) in [5, 5.41) is 28.2. The van der Waals surface area contributed by atoms with Crippen molar-refractivity contribution in [2.45, 2.75) is 0 Å². The summed E-state index contributed by atoms with van der Waals surface area (Å²) in [7, 11) is 0. The fourth-order valence-corrected chi connectivity index (χ4v) is 1.59. The van der Waals surface area contributed by atoms with E-state index >= 15 is 0 Å². The molecule has 0 heterocycles. The number of carboxylic acid groups (broad SMARTS) is 1. The summed E-state index contributed by atoms with van der Waals surface area (Å²) in [6.07, 6.45) is 0. The topological polar surface area (TPSA) is 85.7 Å². The molecule has 2 aromatic carbocycles. The molecule has 2 N–H and O–H groups in total. The summed E-state index contributed by atoms with van der Waals surface area (Å²) in [5.41, 5.74) is -0.169. The SMILES string of the molecule is N#[N+]c1cc(C(=O)O)c(O)c2ccccc12. The van der Waals surface area contributed by atoms with E-state index in [1.165, 1.54) is 0 Å². The molecule has 0 unspecified atom stereocenters. The van der Waals surface area contributed by atoms with Crippen molar-refractivity contribution in [3.05, 3.63) is 40.9 Å². The highest BCUT2D eigenvalue weighted by atomic mass is 16.4. The zero-order chi connectivity index (χ0) is 11.7. The number of diazo groups is 1. The minimum Gasteiger partial charge on any atom is -0.506 e. The van der Waals surface area contributed by atoms with Gasteiger partial charge in [-0.05, 0) is 6.07 Å². The van der Waals surface area contributed by atoms with E-state index in [0.717, 1.165) is 6.07 Å². The molecule has 0 saturated heterocycles. The molecule has 0 aromatic heterocycles. The molecule has 78 valence electrons. The first-order valence-corrected chi connectivity index (χ1v) is 4.48. The fraction of sp³-hybridized carbons (Fsp3) is 0. The minimum absolute atomic E-state index is 0.116. The average molecular weight is 215 g/mol. The fourth-order valence-electron chi connectivity index (χ4n) is 1.59. The number of aromatic carboxylic acids is 1. The first-order valence-electron chi connectivity index (χ1n) is 4.48. The first-order chi connectivity index (χ1) is 7.65. The molecule has 0 radical (unpaired) electrons. The maximum absolute atomic E-state index is 10.9.